The highest BCUT2D eigenvalue weighted by atomic mass is 14.1. The Kier molecular flexibility index (Phi) is 6.23. The van der Waals surface area contributed by atoms with Crippen LogP contribution in [0.15, 0.2) is 152 Å². The zero-order chi connectivity index (χ0) is 25.0. The van der Waals surface area contributed by atoms with E-state index in [9.17, 15) is 0 Å². The summed E-state index contributed by atoms with van der Waals surface area (Å²) < 4.78 is 0. The minimum atomic E-state index is 1.23. The van der Waals surface area contributed by atoms with Gasteiger partial charge in [-0.2, -0.15) is 0 Å². The van der Waals surface area contributed by atoms with Gasteiger partial charge >= 0.3 is 0 Å². The van der Waals surface area contributed by atoms with E-state index in [2.05, 4.69) is 159 Å². The molecule has 0 aromatic heterocycles. The Balaban J connectivity index is 1.48. The first-order chi connectivity index (χ1) is 18.2. The lowest BCUT2D eigenvalue weighted by atomic mass is 9.91. The van der Waals surface area contributed by atoms with Gasteiger partial charge in [0, 0.05) is 0 Å². The van der Waals surface area contributed by atoms with Gasteiger partial charge in [-0.05, 0) is 98.5 Å². The van der Waals surface area contributed by atoms with E-state index in [1.54, 1.807) is 0 Å². The number of rotatable bonds is 5. The van der Waals surface area contributed by atoms with Crippen LogP contribution in [0, 0.1) is 6.92 Å². The molecule has 0 unspecified atom stereocenters. The van der Waals surface area contributed by atoms with Crippen LogP contribution in [0.25, 0.3) is 55.6 Å². The molecule has 0 fully saturated rings. The maximum absolute atomic E-state index is 2.33. The van der Waals surface area contributed by atoms with E-state index in [1.807, 2.05) is 0 Å². The minimum Gasteiger partial charge on any atom is -0.0622 e. The van der Waals surface area contributed by atoms with Gasteiger partial charge in [0.05, 0.1) is 0 Å². The van der Waals surface area contributed by atoms with Gasteiger partial charge in [0.15, 0.2) is 0 Å². The number of benzene rings is 6. The topological polar surface area (TPSA) is 0 Å². The molecule has 6 aromatic rings. The van der Waals surface area contributed by atoms with Crippen LogP contribution in [0.5, 0.6) is 0 Å². The van der Waals surface area contributed by atoms with E-state index >= 15 is 0 Å². The van der Waals surface area contributed by atoms with Gasteiger partial charge in [0.1, 0.15) is 0 Å². The van der Waals surface area contributed by atoms with Gasteiger partial charge in [-0.15, -0.1) is 0 Å². The molecular weight excluding hydrogens is 444 g/mol. The molecule has 37 heavy (non-hydrogen) atoms. The number of hydrogen-bond acceptors (Lipinski definition) is 0. The first kappa shape index (κ1) is 22.8. The molecule has 0 spiro atoms. The van der Waals surface area contributed by atoms with Gasteiger partial charge in [-0.25, -0.2) is 0 Å². The summed E-state index contributed by atoms with van der Waals surface area (Å²) in [7, 11) is 0. The number of aryl methyl sites for hydroxylation is 1. The Morgan fingerprint density at radius 1 is 0.243 bits per heavy atom. The van der Waals surface area contributed by atoms with Crippen LogP contribution in [0.3, 0.4) is 0 Å². The Morgan fingerprint density at radius 3 is 0.973 bits per heavy atom. The molecule has 0 atom stereocenters. The van der Waals surface area contributed by atoms with Crippen molar-refractivity contribution in [1.29, 1.82) is 0 Å². The molecule has 0 aliphatic carbocycles. The summed E-state index contributed by atoms with van der Waals surface area (Å²) >= 11 is 0. The Bertz CT molecular complexity index is 1590. The minimum absolute atomic E-state index is 1.23. The second-order valence-corrected chi connectivity index (χ2v) is 9.57. The molecule has 0 saturated carbocycles. The fourth-order valence-corrected chi connectivity index (χ4v) is 5.01. The highest BCUT2D eigenvalue weighted by molar-refractivity contribution is 5.83. The van der Waals surface area contributed by atoms with Gasteiger partial charge in [0.2, 0.25) is 0 Å². The van der Waals surface area contributed by atoms with Crippen molar-refractivity contribution >= 4 is 0 Å². The fraction of sp³-hybridized carbons (Fsp3) is 0.0270. The maximum atomic E-state index is 2.33. The van der Waals surface area contributed by atoms with Gasteiger partial charge in [-0.1, -0.05) is 121 Å². The monoisotopic (exact) mass is 472 g/mol. The van der Waals surface area contributed by atoms with Gasteiger partial charge < -0.3 is 0 Å². The van der Waals surface area contributed by atoms with Crippen LogP contribution in [-0.4, -0.2) is 0 Å². The van der Waals surface area contributed by atoms with Crippen LogP contribution in [0.1, 0.15) is 5.56 Å². The van der Waals surface area contributed by atoms with Crippen LogP contribution in [0.4, 0.5) is 0 Å². The average molecular weight is 473 g/mol. The highest BCUT2D eigenvalue weighted by Gasteiger charge is 2.10. The van der Waals surface area contributed by atoms with Crippen LogP contribution in [-0.2, 0) is 0 Å². The molecule has 6 aromatic carbocycles. The Morgan fingerprint density at radius 2 is 0.514 bits per heavy atom. The van der Waals surface area contributed by atoms with Crippen LogP contribution < -0.4 is 0 Å². The van der Waals surface area contributed by atoms with Crippen molar-refractivity contribution < 1.29 is 0 Å². The highest BCUT2D eigenvalue weighted by Crippen LogP contribution is 2.35. The Labute approximate surface area is 219 Å². The molecule has 0 N–H and O–H groups in total. The molecule has 0 bridgehead atoms. The van der Waals surface area contributed by atoms with E-state index in [1.165, 1.54) is 61.2 Å². The first-order valence-corrected chi connectivity index (χ1v) is 12.8. The lowest BCUT2D eigenvalue weighted by Gasteiger charge is -2.14. The quantitative estimate of drug-likeness (QED) is 0.234. The molecule has 0 aliphatic rings. The zero-order valence-electron chi connectivity index (χ0n) is 20.9. The van der Waals surface area contributed by atoms with Crippen molar-refractivity contribution in [3.05, 3.63) is 157 Å². The van der Waals surface area contributed by atoms with E-state index in [0.29, 0.717) is 0 Å². The molecule has 176 valence electrons. The summed E-state index contributed by atoms with van der Waals surface area (Å²) in [6, 6.07) is 54.6. The average Bonchev–Trinajstić information content (AvgIpc) is 2.98. The summed E-state index contributed by atoms with van der Waals surface area (Å²) in [5.74, 6) is 0. The Hall–Kier alpha value is -4.68. The summed E-state index contributed by atoms with van der Waals surface area (Å²) in [6.07, 6.45) is 0. The molecule has 0 heterocycles. The van der Waals surface area contributed by atoms with Crippen molar-refractivity contribution in [1.82, 2.24) is 0 Å². The molecule has 0 radical (unpaired) electrons. The predicted molar refractivity (Wildman–Crippen MR) is 158 cm³/mol. The molecule has 0 aliphatic heterocycles. The SMILES string of the molecule is Cc1cc(-c2cccc(-c3ccccc3)c2)cc(-c2cc(-c3ccccc3)cc(-c3ccccc3)c2)c1. The van der Waals surface area contributed by atoms with Crippen molar-refractivity contribution in [2.75, 3.05) is 0 Å². The van der Waals surface area contributed by atoms with Crippen molar-refractivity contribution in [3.8, 4) is 55.6 Å². The lowest BCUT2D eigenvalue weighted by molar-refractivity contribution is 1.46. The molecule has 0 heteroatoms. The fourth-order valence-electron chi connectivity index (χ4n) is 5.01. The van der Waals surface area contributed by atoms with E-state index in [0.717, 1.165) is 0 Å². The van der Waals surface area contributed by atoms with Crippen molar-refractivity contribution in [2.24, 2.45) is 0 Å². The van der Waals surface area contributed by atoms with Crippen LogP contribution in [0.2, 0.25) is 0 Å². The third kappa shape index (κ3) is 5.01. The molecule has 0 amide bonds. The zero-order valence-corrected chi connectivity index (χ0v) is 20.9. The molecular formula is C37H28. The summed E-state index contributed by atoms with van der Waals surface area (Å²) in [5, 5.41) is 0. The standard InChI is InChI=1S/C37H28/c1-27-20-33(32-19-11-18-31(22-32)28-12-5-2-6-13-28)23-34(21-27)37-25-35(29-14-7-3-8-15-29)24-36(26-37)30-16-9-4-10-17-30/h2-26H,1H3. The number of hydrogen-bond donors (Lipinski definition) is 0. The normalized spacial score (nSPS) is 10.8. The van der Waals surface area contributed by atoms with Crippen molar-refractivity contribution in [2.45, 2.75) is 6.92 Å². The van der Waals surface area contributed by atoms with E-state index in [4.69, 9.17) is 0 Å². The third-order valence-corrected chi connectivity index (χ3v) is 6.86. The van der Waals surface area contributed by atoms with Gasteiger partial charge in [-0.3, -0.25) is 0 Å². The largest absolute Gasteiger partial charge is 0.0622 e. The molecule has 6 rings (SSSR count). The predicted octanol–water partition coefficient (Wildman–Crippen LogP) is 10.3. The maximum Gasteiger partial charge on any atom is -0.0171 e. The van der Waals surface area contributed by atoms with Crippen molar-refractivity contribution in [3.63, 3.8) is 0 Å². The first-order valence-electron chi connectivity index (χ1n) is 12.8. The second kappa shape index (κ2) is 10.1. The smallest absolute Gasteiger partial charge is 0.0171 e. The molecule has 0 saturated heterocycles. The summed E-state index contributed by atoms with van der Waals surface area (Å²) in [6.45, 7) is 2.19. The summed E-state index contributed by atoms with van der Waals surface area (Å²) in [5.41, 5.74) is 13.6. The molecule has 0 nitrogen and oxygen atoms in total. The second-order valence-electron chi connectivity index (χ2n) is 9.57. The summed E-state index contributed by atoms with van der Waals surface area (Å²) in [4.78, 5) is 0. The van der Waals surface area contributed by atoms with E-state index in [-0.39, 0.29) is 0 Å². The third-order valence-electron chi connectivity index (χ3n) is 6.86. The van der Waals surface area contributed by atoms with Gasteiger partial charge in [0.25, 0.3) is 0 Å². The van der Waals surface area contributed by atoms with Crippen LogP contribution >= 0.6 is 0 Å². The lowest BCUT2D eigenvalue weighted by Crippen LogP contribution is -1.89. The van der Waals surface area contributed by atoms with E-state index < -0.39 is 0 Å².